The fourth-order valence-electron chi connectivity index (χ4n) is 3.29. The minimum atomic E-state index is 0.102. The van der Waals surface area contributed by atoms with Crippen LogP contribution in [0.2, 0.25) is 0 Å². The summed E-state index contributed by atoms with van der Waals surface area (Å²) in [6, 6.07) is 8.16. The molecule has 0 bridgehead atoms. The van der Waals surface area contributed by atoms with Gasteiger partial charge in [-0.2, -0.15) is 0 Å². The molecule has 0 aliphatic carbocycles. The Kier molecular flexibility index (Phi) is 8.35. The van der Waals surface area contributed by atoms with Crippen molar-refractivity contribution in [3.05, 3.63) is 96.2 Å². The molecular formula is C27H34O3. The van der Waals surface area contributed by atoms with E-state index in [1.807, 2.05) is 24.3 Å². The summed E-state index contributed by atoms with van der Waals surface area (Å²) >= 11 is 0. The number of hydrogen-bond acceptors (Lipinski definition) is 3. The Hall–Kier alpha value is -2.94. The van der Waals surface area contributed by atoms with Crippen LogP contribution in [0, 0.1) is 6.92 Å². The van der Waals surface area contributed by atoms with E-state index in [-0.39, 0.29) is 11.7 Å². The van der Waals surface area contributed by atoms with Crippen LogP contribution >= 0.6 is 0 Å². The number of benzene rings is 1. The maximum absolute atomic E-state index is 9.31. The van der Waals surface area contributed by atoms with Gasteiger partial charge in [0.25, 0.3) is 0 Å². The summed E-state index contributed by atoms with van der Waals surface area (Å²) in [6.45, 7) is 20.4. The maximum Gasteiger partial charge on any atom is 0.133 e. The Morgan fingerprint density at radius 3 is 2.53 bits per heavy atom. The summed E-state index contributed by atoms with van der Waals surface area (Å²) in [4.78, 5) is 0. The molecule has 3 nitrogen and oxygen atoms in total. The lowest BCUT2D eigenvalue weighted by molar-refractivity contribution is 0.276. The van der Waals surface area contributed by atoms with Crippen LogP contribution in [0.15, 0.2) is 72.4 Å². The number of aliphatic hydroxyl groups excluding tert-OH is 1. The molecule has 1 N–H and O–H groups in total. The molecule has 0 aliphatic heterocycles. The Morgan fingerprint density at radius 1 is 1.20 bits per heavy atom. The summed E-state index contributed by atoms with van der Waals surface area (Å²) in [6.07, 6.45) is 6.83. The minimum Gasteiger partial charge on any atom is -0.513 e. The van der Waals surface area contributed by atoms with Gasteiger partial charge in [0.2, 0.25) is 0 Å². The molecule has 0 spiro atoms. The SMILES string of the molecule is C=C/C=C\C(=C)c1cc(C(C)C)c(C(C)COc2ccc(CCC(=C)O)c(C)c2)o1. The van der Waals surface area contributed by atoms with Crippen molar-refractivity contribution in [2.45, 2.75) is 52.4 Å². The first-order valence-electron chi connectivity index (χ1n) is 10.4. The van der Waals surface area contributed by atoms with Gasteiger partial charge in [-0.15, -0.1) is 0 Å². The van der Waals surface area contributed by atoms with E-state index in [0.717, 1.165) is 34.8 Å². The smallest absolute Gasteiger partial charge is 0.133 e. The highest BCUT2D eigenvalue weighted by molar-refractivity contribution is 5.69. The second-order valence-corrected chi connectivity index (χ2v) is 8.07. The molecule has 0 saturated carbocycles. The van der Waals surface area contributed by atoms with E-state index in [9.17, 15) is 5.11 Å². The third-order valence-electron chi connectivity index (χ3n) is 5.11. The van der Waals surface area contributed by atoms with Crippen molar-refractivity contribution in [1.29, 1.82) is 0 Å². The molecule has 0 saturated heterocycles. The number of aliphatic hydroxyl groups is 1. The predicted molar refractivity (Wildman–Crippen MR) is 126 cm³/mol. The number of rotatable bonds is 11. The molecule has 160 valence electrons. The zero-order chi connectivity index (χ0) is 22.3. The molecule has 0 fully saturated rings. The second kappa shape index (κ2) is 10.7. The first-order chi connectivity index (χ1) is 14.2. The molecule has 0 amide bonds. The summed E-state index contributed by atoms with van der Waals surface area (Å²) in [5.41, 5.74) is 4.35. The quantitative estimate of drug-likeness (QED) is 0.308. The van der Waals surface area contributed by atoms with Crippen LogP contribution in [-0.4, -0.2) is 11.7 Å². The van der Waals surface area contributed by atoms with Gasteiger partial charge in [-0.05, 0) is 54.2 Å². The fraction of sp³-hybridized carbons (Fsp3) is 0.333. The van der Waals surface area contributed by atoms with Gasteiger partial charge in [0.15, 0.2) is 0 Å². The van der Waals surface area contributed by atoms with E-state index in [1.54, 1.807) is 6.08 Å². The molecule has 3 heteroatoms. The van der Waals surface area contributed by atoms with Crippen LogP contribution in [0.5, 0.6) is 5.75 Å². The van der Waals surface area contributed by atoms with Crippen molar-refractivity contribution < 1.29 is 14.3 Å². The number of allylic oxidation sites excluding steroid dienone is 5. The monoisotopic (exact) mass is 406 g/mol. The summed E-state index contributed by atoms with van der Waals surface area (Å²) in [5.74, 6) is 3.23. The molecule has 2 rings (SSSR count). The Bertz CT molecular complexity index is 928. The van der Waals surface area contributed by atoms with E-state index in [4.69, 9.17) is 9.15 Å². The molecule has 1 atom stereocenters. The Morgan fingerprint density at radius 2 is 1.93 bits per heavy atom. The van der Waals surface area contributed by atoms with Gasteiger partial charge < -0.3 is 14.3 Å². The van der Waals surface area contributed by atoms with Gasteiger partial charge in [0.05, 0.1) is 12.4 Å². The van der Waals surface area contributed by atoms with Crippen LogP contribution < -0.4 is 4.74 Å². The number of hydrogen-bond donors (Lipinski definition) is 1. The van der Waals surface area contributed by atoms with Crippen molar-refractivity contribution in [2.75, 3.05) is 6.61 Å². The highest BCUT2D eigenvalue weighted by Gasteiger charge is 2.21. The highest BCUT2D eigenvalue weighted by Crippen LogP contribution is 2.33. The average molecular weight is 407 g/mol. The van der Waals surface area contributed by atoms with E-state index in [2.05, 4.69) is 59.6 Å². The van der Waals surface area contributed by atoms with Crippen molar-refractivity contribution in [3.63, 3.8) is 0 Å². The lowest BCUT2D eigenvalue weighted by Gasteiger charge is -2.15. The first kappa shape index (κ1) is 23.3. The second-order valence-electron chi connectivity index (χ2n) is 8.07. The zero-order valence-corrected chi connectivity index (χ0v) is 18.7. The minimum absolute atomic E-state index is 0.102. The highest BCUT2D eigenvalue weighted by atomic mass is 16.5. The van der Waals surface area contributed by atoms with E-state index in [0.29, 0.717) is 18.9 Å². The molecular weight excluding hydrogens is 372 g/mol. The topological polar surface area (TPSA) is 42.6 Å². The molecule has 2 aromatic rings. The molecule has 30 heavy (non-hydrogen) atoms. The zero-order valence-electron chi connectivity index (χ0n) is 18.7. The molecule has 1 heterocycles. The van der Waals surface area contributed by atoms with E-state index in [1.165, 1.54) is 11.1 Å². The Labute approximate surface area is 181 Å². The molecule has 0 radical (unpaired) electrons. The summed E-state index contributed by atoms with van der Waals surface area (Å²) < 4.78 is 12.3. The molecule has 0 aliphatic rings. The van der Waals surface area contributed by atoms with Gasteiger partial charge in [-0.25, -0.2) is 0 Å². The van der Waals surface area contributed by atoms with Crippen molar-refractivity contribution in [3.8, 4) is 5.75 Å². The maximum atomic E-state index is 9.31. The van der Waals surface area contributed by atoms with Crippen LogP contribution in [0.3, 0.4) is 0 Å². The summed E-state index contributed by atoms with van der Waals surface area (Å²) in [7, 11) is 0. The molecule has 1 aromatic heterocycles. The third-order valence-corrected chi connectivity index (χ3v) is 5.11. The first-order valence-corrected chi connectivity index (χ1v) is 10.4. The predicted octanol–water partition coefficient (Wildman–Crippen LogP) is 7.65. The summed E-state index contributed by atoms with van der Waals surface area (Å²) in [5, 5.41) is 9.31. The lowest BCUT2D eigenvalue weighted by atomic mass is 9.97. The standard InChI is InChI=1S/C27H34O3/c1-8-9-10-19(4)26-16-25(18(2)3)27(30-26)21(6)17-29-24-14-13-23(20(5)15-24)12-11-22(7)28/h8-10,13-16,18,21,28H,1,4,7,11-12,17H2,2-3,5-6H3/b10-9-. The third kappa shape index (κ3) is 6.28. The van der Waals surface area contributed by atoms with E-state index >= 15 is 0 Å². The van der Waals surface area contributed by atoms with Gasteiger partial charge >= 0.3 is 0 Å². The average Bonchev–Trinajstić information content (AvgIpc) is 3.15. The van der Waals surface area contributed by atoms with Crippen molar-refractivity contribution >= 4 is 5.57 Å². The molecule has 1 unspecified atom stereocenters. The van der Waals surface area contributed by atoms with Crippen LogP contribution in [0.4, 0.5) is 0 Å². The number of furan rings is 1. The van der Waals surface area contributed by atoms with Gasteiger partial charge in [0.1, 0.15) is 17.3 Å². The largest absolute Gasteiger partial charge is 0.513 e. The van der Waals surface area contributed by atoms with E-state index < -0.39 is 0 Å². The van der Waals surface area contributed by atoms with Crippen LogP contribution in [0.25, 0.3) is 5.57 Å². The van der Waals surface area contributed by atoms with Gasteiger partial charge in [0, 0.05) is 17.9 Å². The van der Waals surface area contributed by atoms with Crippen LogP contribution in [0.1, 0.15) is 67.2 Å². The van der Waals surface area contributed by atoms with Crippen molar-refractivity contribution in [2.24, 2.45) is 0 Å². The Balaban J connectivity index is 2.11. The number of ether oxygens (including phenoxy) is 1. The lowest BCUT2D eigenvalue weighted by Crippen LogP contribution is -2.09. The van der Waals surface area contributed by atoms with Gasteiger partial charge in [-0.3, -0.25) is 0 Å². The fourth-order valence-corrected chi connectivity index (χ4v) is 3.29. The molecule has 1 aromatic carbocycles. The van der Waals surface area contributed by atoms with Crippen molar-refractivity contribution in [1.82, 2.24) is 0 Å². The van der Waals surface area contributed by atoms with Gasteiger partial charge in [-0.1, -0.05) is 64.8 Å². The van der Waals surface area contributed by atoms with Crippen LogP contribution in [-0.2, 0) is 6.42 Å². The normalized spacial score (nSPS) is 12.3. The number of aryl methyl sites for hydroxylation is 2.